The van der Waals surface area contributed by atoms with Gasteiger partial charge in [0.15, 0.2) is 0 Å². The highest BCUT2D eigenvalue weighted by Crippen LogP contribution is 2.30. The van der Waals surface area contributed by atoms with E-state index in [0.717, 1.165) is 32.1 Å². The number of nitrogens with two attached hydrogens (primary N) is 1. The first-order valence-electron chi connectivity index (χ1n) is 9.43. The van der Waals surface area contributed by atoms with Crippen LogP contribution >= 0.6 is 0 Å². The molecule has 0 unspecified atom stereocenters. The zero-order valence-corrected chi connectivity index (χ0v) is 14.4. The molecule has 132 valence electrons. The predicted octanol–water partition coefficient (Wildman–Crippen LogP) is 3.66. The van der Waals surface area contributed by atoms with Gasteiger partial charge in [-0.25, -0.2) is 4.39 Å². The fourth-order valence-corrected chi connectivity index (χ4v) is 4.33. The van der Waals surface area contributed by atoms with Crippen LogP contribution in [-0.4, -0.2) is 29.4 Å². The van der Waals surface area contributed by atoms with Crippen LogP contribution in [0.4, 0.5) is 4.39 Å². The Balaban J connectivity index is 1.64. The van der Waals surface area contributed by atoms with Crippen LogP contribution < -0.4 is 5.73 Å². The van der Waals surface area contributed by atoms with Gasteiger partial charge >= 0.3 is 0 Å². The zero-order valence-electron chi connectivity index (χ0n) is 14.4. The maximum atomic E-state index is 13.9. The number of halogens is 1. The number of hydrogen-bond acceptors (Lipinski definition) is 2. The number of rotatable bonds is 6. The maximum absolute atomic E-state index is 13.9. The molecular weight excluding hydrogens is 303 g/mol. The molecule has 2 aliphatic carbocycles. The second-order valence-electron chi connectivity index (χ2n) is 7.43. The van der Waals surface area contributed by atoms with E-state index in [1.165, 1.54) is 18.9 Å². The number of nitrogens with zero attached hydrogens (tertiary/aromatic N) is 1. The lowest BCUT2D eigenvalue weighted by Crippen LogP contribution is -2.42. The van der Waals surface area contributed by atoms with Crippen LogP contribution in [0, 0.1) is 11.7 Å². The first kappa shape index (κ1) is 17.4. The average molecular weight is 332 g/mol. The summed E-state index contributed by atoms with van der Waals surface area (Å²) >= 11 is 0. The molecule has 2 aliphatic rings. The third-order valence-corrected chi connectivity index (χ3v) is 5.82. The molecule has 4 heteroatoms. The van der Waals surface area contributed by atoms with Crippen LogP contribution in [0.2, 0.25) is 0 Å². The molecule has 2 atom stereocenters. The van der Waals surface area contributed by atoms with Gasteiger partial charge in [0.05, 0.1) is 0 Å². The fraction of sp³-hybridized carbons (Fsp3) is 0.650. The van der Waals surface area contributed by atoms with Gasteiger partial charge < -0.3 is 10.6 Å². The summed E-state index contributed by atoms with van der Waals surface area (Å²) in [6, 6.07) is 7.39. The molecule has 0 spiro atoms. The molecule has 3 nitrogen and oxygen atoms in total. The molecule has 2 fully saturated rings. The Morgan fingerprint density at radius 2 is 1.88 bits per heavy atom. The quantitative estimate of drug-likeness (QED) is 0.864. The van der Waals surface area contributed by atoms with E-state index >= 15 is 0 Å². The monoisotopic (exact) mass is 332 g/mol. The fourth-order valence-electron chi connectivity index (χ4n) is 4.33. The van der Waals surface area contributed by atoms with Gasteiger partial charge in [-0.2, -0.15) is 0 Å². The topological polar surface area (TPSA) is 46.3 Å². The van der Waals surface area contributed by atoms with Crippen LogP contribution in [0.3, 0.4) is 0 Å². The molecule has 2 saturated carbocycles. The minimum Gasteiger partial charge on any atom is -0.339 e. The van der Waals surface area contributed by atoms with Crippen molar-refractivity contribution in [3.63, 3.8) is 0 Å². The molecule has 2 N–H and O–H groups in total. The Morgan fingerprint density at radius 1 is 1.12 bits per heavy atom. The van der Waals surface area contributed by atoms with Gasteiger partial charge in [0.2, 0.25) is 5.91 Å². The smallest absolute Gasteiger partial charge is 0.223 e. The predicted molar refractivity (Wildman–Crippen MR) is 94.0 cm³/mol. The molecule has 0 aliphatic heterocycles. The summed E-state index contributed by atoms with van der Waals surface area (Å²) in [5, 5.41) is 0. The molecule has 1 aromatic rings. The van der Waals surface area contributed by atoms with Gasteiger partial charge in [-0.1, -0.05) is 37.5 Å². The molecule has 0 heterocycles. The Kier molecular flexibility index (Phi) is 5.88. The minimum absolute atomic E-state index is 0.172. The lowest BCUT2D eigenvalue weighted by atomic mass is 9.98. The van der Waals surface area contributed by atoms with Crippen LogP contribution in [0.5, 0.6) is 0 Å². The third kappa shape index (κ3) is 4.15. The SMILES string of the molecule is N[C@@H]1CCC[C@H]1CC(=O)N(CCc1ccccc1F)C1CCCC1. The highest BCUT2D eigenvalue weighted by Gasteiger charge is 2.31. The molecule has 0 bridgehead atoms. The normalized spacial score (nSPS) is 24.4. The molecule has 1 aromatic carbocycles. The Hall–Kier alpha value is -1.42. The Bertz CT molecular complexity index is 556. The lowest BCUT2D eigenvalue weighted by molar-refractivity contribution is -0.134. The standard InChI is InChI=1S/C20H29FN2O/c21-18-10-4-1-6-15(18)12-13-23(17-8-2-3-9-17)20(24)14-16-7-5-11-19(16)22/h1,4,6,10,16-17,19H,2-3,5,7-9,11-14,22H2/t16-,19+/m0/s1. The van der Waals surface area contributed by atoms with Crippen LogP contribution in [-0.2, 0) is 11.2 Å². The van der Waals surface area contributed by atoms with E-state index < -0.39 is 0 Å². The van der Waals surface area contributed by atoms with Gasteiger partial charge in [-0.05, 0) is 49.7 Å². The summed E-state index contributed by atoms with van der Waals surface area (Å²) in [4.78, 5) is 14.9. The van der Waals surface area contributed by atoms with Crippen molar-refractivity contribution in [1.82, 2.24) is 4.90 Å². The van der Waals surface area contributed by atoms with Gasteiger partial charge in [0, 0.05) is 25.0 Å². The third-order valence-electron chi connectivity index (χ3n) is 5.82. The van der Waals surface area contributed by atoms with Crippen molar-refractivity contribution in [1.29, 1.82) is 0 Å². The van der Waals surface area contributed by atoms with Crippen LogP contribution in [0.1, 0.15) is 56.9 Å². The highest BCUT2D eigenvalue weighted by atomic mass is 19.1. The lowest BCUT2D eigenvalue weighted by Gasteiger charge is -2.31. The number of hydrogen-bond donors (Lipinski definition) is 1. The van der Waals surface area contributed by atoms with Crippen molar-refractivity contribution < 1.29 is 9.18 Å². The zero-order chi connectivity index (χ0) is 16.9. The second kappa shape index (κ2) is 8.11. The molecule has 24 heavy (non-hydrogen) atoms. The van der Waals surface area contributed by atoms with Crippen LogP contribution in [0.15, 0.2) is 24.3 Å². The summed E-state index contributed by atoms with van der Waals surface area (Å²) in [6.45, 7) is 0.617. The number of benzene rings is 1. The van der Waals surface area contributed by atoms with E-state index in [1.54, 1.807) is 6.07 Å². The van der Waals surface area contributed by atoms with Crippen molar-refractivity contribution in [2.24, 2.45) is 11.7 Å². The van der Waals surface area contributed by atoms with Crippen molar-refractivity contribution in [3.05, 3.63) is 35.6 Å². The molecule has 0 radical (unpaired) electrons. The van der Waals surface area contributed by atoms with E-state index in [2.05, 4.69) is 0 Å². The minimum atomic E-state index is -0.172. The average Bonchev–Trinajstić information content (AvgIpc) is 3.22. The molecule has 0 aromatic heterocycles. The number of carbonyl (C=O) groups is 1. The van der Waals surface area contributed by atoms with Gasteiger partial charge in [-0.15, -0.1) is 0 Å². The second-order valence-corrected chi connectivity index (χ2v) is 7.43. The van der Waals surface area contributed by atoms with Crippen molar-refractivity contribution >= 4 is 5.91 Å². The maximum Gasteiger partial charge on any atom is 0.223 e. The van der Waals surface area contributed by atoms with Crippen LogP contribution in [0.25, 0.3) is 0 Å². The summed E-state index contributed by atoms with van der Waals surface area (Å²) in [5.74, 6) is 0.379. The largest absolute Gasteiger partial charge is 0.339 e. The first-order valence-corrected chi connectivity index (χ1v) is 9.43. The van der Waals surface area contributed by atoms with Crippen molar-refractivity contribution in [2.75, 3.05) is 6.54 Å². The number of carbonyl (C=O) groups excluding carboxylic acids is 1. The summed E-state index contributed by atoms with van der Waals surface area (Å²) in [6.07, 6.45) is 8.95. The van der Waals surface area contributed by atoms with Gasteiger partial charge in [0.1, 0.15) is 5.82 Å². The summed E-state index contributed by atoms with van der Waals surface area (Å²) in [5.41, 5.74) is 6.85. The van der Waals surface area contributed by atoms with Gasteiger partial charge in [-0.3, -0.25) is 4.79 Å². The summed E-state index contributed by atoms with van der Waals surface area (Å²) < 4.78 is 13.9. The van der Waals surface area contributed by atoms with E-state index in [9.17, 15) is 9.18 Å². The van der Waals surface area contributed by atoms with Gasteiger partial charge in [0.25, 0.3) is 0 Å². The summed E-state index contributed by atoms with van der Waals surface area (Å²) in [7, 11) is 0. The van der Waals surface area contributed by atoms with Crippen molar-refractivity contribution in [3.8, 4) is 0 Å². The molecular formula is C20H29FN2O. The Morgan fingerprint density at radius 3 is 2.54 bits per heavy atom. The number of amides is 1. The van der Waals surface area contributed by atoms with E-state index in [1.807, 2.05) is 17.0 Å². The van der Waals surface area contributed by atoms with E-state index in [0.29, 0.717) is 36.9 Å². The molecule has 0 saturated heterocycles. The molecule has 1 amide bonds. The molecule has 3 rings (SSSR count). The van der Waals surface area contributed by atoms with E-state index in [-0.39, 0.29) is 17.8 Å². The first-order chi connectivity index (χ1) is 11.6. The highest BCUT2D eigenvalue weighted by molar-refractivity contribution is 5.77. The van der Waals surface area contributed by atoms with Crippen molar-refractivity contribution in [2.45, 2.75) is 69.9 Å². The van der Waals surface area contributed by atoms with E-state index in [4.69, 9.17) is 5.73 Å². The Labute approximate surface area is 144 Å².